The third-order valence-corrected chi connectivity index (χ3v) is 4.53. The second-order valence-corrected chi connectivity index (χ2v) is 6.60. The maximum Gasteiger partial charge on any atom is 0.276 e. The van der Waals surface area contributed by atoms with Gasteiger partial charge in [-0.25, -0.2) is 0 Å². The van der Waals surface area contributed by atoms with Crippen LogP contribution >= 0.6 is 15.9 Å². The van der Waals surface area contributed by atoms with Gasteiger partial charge in [-0.1, -0.05) is 28.1 Å². The van der Waals surface area contributed by atoms with Crippen molar-refractivity contribution in [2.45, 2.75) is 13.8 Å². The van der Waals surface area contributed by atoms with Crippen molar-refractivity contribution in [3.05, 3.63) is 58.1 Å². The molecule has 2 amide bonds. The number of nitrogens with one attached hydrogen (secondary N) is 2. The molecule has 0 atom stereocenters. The number of para-hydroxylation sites is 1. The first-order chi connectivity index (χ1) is 13.5. The van der Waals surface area contributed by atoms with Gasteiger partial charge in [-0.2, -0.15) is 0 Å². The van der Waals surface area contributed by atoms with Gasteiger partial charge >= 0.3 is 0 Å². The average molecular weight is 451 g/mol. The molecule has 150 valence electrons. The van der Waals surface area contributed by atoms with Crippen LogP contribution in [0.1, 0.15) is 22.8 Å². The van der Waals surface area contributed by atoms with Crippen molar-refractivity contribution < 1.29 is 23.8 Å². The third-order valence-electron chi connectivity index (χ3n) is 3.64. The highest BCUT2D eigenvalue weighted by atomic mass is 79.9. The summed E-state index contributed by atoms with van der Waals surface area (Å²) in [7, 11) is 0. The fraction of sp³-hybridized carbons (Fsp3) is 0.300. The normalized spacial score (nSPS) is 10.2. The minimum absolute atomic E-state index is 0.228. The Morgan fingerprint density at radius 1 is 1.04 bits per heavy atom. The lowest BCUT2D eigenvalue weighted by Crippen LogP contribution is -2.44. The van der Waals surface area contributed by atoms with Crippen LogP contribution in [-0.4, -0.2) is 38.2 Å². The predicted molar refractivity (Wildman–Crippen MR) is 108 cm³/mol. The van der Waals surface area contributed by atoms with Crippen LogP contribution in [0, 0.1) is 6.92 Å². The molecule has 2 N–H and O–H groups in total. The van der Waals surface area contributed by atoms with Gasteiger partial charge in [0.15, 0.2) is 6.61 Å². The fourth-order valence-corrected chi connectivity index (χ4v) is 2.47. The Kier molecular flexibility index (Phi) is 8.77. The van der Waals surface area contributed by atoms with Crippen LogP contribution in [0.5, 0.6) is 11.5 Å². The minimum Gasteiger partial charge on any atom is -0.490 e. The largest absolute Gasteiger partial charge is 0.490 e. The topological polar surface area (TPSA) is 85.9 Å². The summed E-state index contributed by atoms with van der Waals surface area (Å²) in [6.07, 6.45) is 0. The van der Waals surface area contributed by atoms with Gasteiger partial charge in [0.05, 0.1) is 12.2 Å². The Bertz CT molecular complexity index is 813. The zero-order chi connectivity index (χ0) is 20.4. The zero-order valence-corrected chi connectivity index (χ0v) is 17.4. The number of hydrogen-bond acceptors (Lipinski definition) is 5. The Balaban J connectivity index is 1.82. The number of hydrogen-bond donors (Lipinski definition) is 2. The molecule has 0 radical (unpaired) electrons. The van der Waals surface area contributed by atoms with Gasteiger partial charge in [0.25, 0.3) is 11.8 Å². The first kappa shape index (κ1) is 21.7. The van der Waals surface area contributed by atoms with E-state index >= 15 is 0 Å². The summed E-state index contributed by atoms with van der Waals surface area (Å²) in [6.45, 7) is 4.94. The quantitative estimate of drug-likeness (QED) is 0.452. The Morgan fingerprint density at radius 2 is 1.82 bits per heavy atom. The van der Waals surface area contributed by atoms with Gasteiger partial charge < -0.3 is 14.2 Å². The summed E-state index contributed by atoms with van der Waals surface area (Å²) in [5.74, 6) is 0.00859. The Hall–Kier alpha value is -2.58. The molecule has 0 aliphatic rings. The molecular formula is C20H23BrN2O5. The zero-order valence-electron chi connectivity index (χ0n) is 15.8. The van der Waals surface area contributed by atoms with Crippen LogP contribution in [0.4, 0.5) is 0 Å². The molecule has 0 unspecified atom stereocenters. The maximum absolute atomic E-state index is 12.3. The molecule has 0 fully saturated rings. The van der Waals surface area contributed by atoms with Crippen molar-refractivity contribution in [2.24, 2.45) is 0 Å². The number of amides is 2. The number of rotatable bonds is 9. The van der Waals surface area contributed by atoms with E-state index in [1.165, 1.54) is 0 Å². The molecule has 2 aromatic carbocycles. The van der Waals surface area contributed by atoms with E-state index in [9.17, 15) is 9.59 Å². The molecule has 2 aromatic rings. The van der Waals surface area contributed by atoms with Crippen molar-refractivity contribution in [3.8, 4) is 11.5 Å². The molecule has 0 saturated carbocycles. The average Bonchev–Trinajstić information content (AvgIpc) is 2.70. The molecule has 0 aliphatic heterocycles. The number of carbonyl (C=O) groups excluding carboxylic acids is 2. The van der Waals surface area contributed by atoms with Crippen LogP contribution in [0.2, 0.25) is 0 Å². The molecule has 2 rings (SSSR count). The van der Waals surface area contributed by atoms with E-state index in [0.717, 1.165) is 10.0 Å². The van der Waals surface area contributed by atoms with Gasteiger partial charge in [-0.05, 0) is 49.7 Å². The van der Waals surface area contributed by atoms with Crippen LogP contribution < -0.4 is 20.3 Å². The van der Waals surface area contributed by atoms with E-state index in [4.69, 9.17) is 14.2 Å². The molecular weight excluding hydrogens is 428 g/mol. The lowest BCUT2D eigenvalue weighted by Gasteiger charge is -2.12. The van der Waals surface area contributed by atoms with Crippen molar-refractivity contribution >= 4 is 27.7 Å². The second kappa shape index (κ2) is 11.3. The van der Waals surface area contributed by atoms with E-state index in [1.807, 2.05) is 26.0 Å². The van der Waals surface area contributed by atoms with Crippen molar-refractivity contribution in [1.82, 2.24) is 10.9 Å². The summed E-state index contributed by atoms with van der Waals surface area (Å²) >= 11 is 3.40. The number of aryl methyl sites for hydroxylation is 1. The maximum atomic E-state index is 12.3. The number of hydrazine groups is 1. The van der Waals surface area contributed by atoms with E-state index in [0.29, 0.717) is 36.9 Å². The van der Waals surface area contributed by atoms with Crippen LogP contribution in [0.25, 0.3) is 0 Å². The van der Waals surface area contributed by atoms with E-state index in [1.54, 1.807) is 30.3 Å². The van der Waals surface area contributed by atoms with Gasteiger partial charge in [0, 0.05) is 11.1 Å². The van der Waals surface area contributed by atoms with E-state index in [2.05, 4.69) is 26.8 Å². The number of halogens is 1. The monoisotopic (exact) mass is 450 g/mol. The molecule has 0 heterocycles. The molecule has 28 heavy (non-hydrogen) atoms. The van der Waals surface area contributed by atoms with Gasteiger partial charge in [-0.15, -0.1) is 0 Å². The first-order valence-electron chi connectivity index (χ1n) is 8.79. The smallest absolute Gasteiger partial charge is 0.276 e. The molecule has 0 saturated heterocycles. The molecule has 0 spiro atoms. The highest BCUT2D eigenvalue weighted by molar-refractivity contribution is 9.10. The second-order valence-electron chi connectivity index (χ2n) is 5.74. The summed E-state index contributed by atoms with van der Waals surface area (Å²) in [5.41, 5.74) is 5.99. The van der Waals surface area contributed by atoms with Crippen LogP contribution in [-0.2, 0) is 9.53 Å². The SMILES string of the molecule is CCOCCOc1ccccc1C(=O)NNC(=O)COc1ccc(Br)c(C)c1. The number of carbonyl (C=O) groups is 2. The summed E-state index contributed by atoms with van der Waals surface area (Å²) in [5, 5.41) is 0. The highest BCUT2D eigenvalue weighted by Crippen LogP contribution is 2.21. The minimum atomic E-state index is -0.486. The Labute approximate surface area is 172 Å². The summed E-state index contributed by atoms with van der Waals surface area (Å²) in [6, 6.07) is 12.2. The lowest BCUT2D eigenvalue weighted by atomic mass is 10.2. The van der Waals surface area contributed by atoms with Crippen LogP contribution in [0.15, 0.2) is 46.9 Å². The third kappa shape index (κ3) is 6.86. The van der Waals surface area contributed by atoms with Gasteiger partial charge in [0.2, 0.25) is 0 Å². The van der Waals surface area contributed by atoms with E-state index in [-0.39, 0.29) is 6.61 Å². The number of benzene rings is 2. The van der Waals surface area contributed by atoms with Crippen molar-refractivity contribution in [1.29, 1.82) is 0 Å². The standard InChI is InChI=1S/C20H23BrN2O5/c1-3-26-10-11-27-18-7-5-4-6-16(18)20(25)23-22-19(24)13-28-15-8-9-17(21)14(2)12-15/h4-9,12H,3,10-11,13H2,1-2H3,(H,22,24)(H,23,25). The molecule has 0 aliphatic carbocycles. The summed E-state index contributed by atoms with van der Waals surface area (Å²) in [4.78, 5) is 24.3. The summed E-state index contributed by atoms with van der Waals surface area (Å²) < 4.78 is 17.2. The Morgan fingerprint density at radius 3 is 2.57 bits per heavy atom. The molecule has 0 aromatic heterocycles. The lowest BCUT2D eigenvalue weighted by molar-refractivity contribution is -0.123. The fourth-order valence-electron chi connectivity index (χ4n) is 2.22. The predicted octanol–water partition coefficient (Wildman–Crippen LogP) is 3.01. The number of ether oxygens (including phenoxy) is 3. The van der Waals surface area contributed by atoms with Gasteiger partial charge in [0.1, 0.15) is 18.1 Å². The van der Waals surface area contributed by atoms with E-state index < -0.39 is 11.8 Å². The highest BCUT2D eigenvalue weighted by Gasteiger charge is 2.13. The molecule has 7 nitrogen and oxygen atoms in total. The molecule has 8 heteroatoms. The first-order valence-corrected chi connectivity index (χ1v) is 9.58. The van der Waals surface area contributed by atoms with Crippen LogP contribution in [0.3, 0.4) is 0 Å². The molecule has 0 bridgehead atoms. The van der Waals surface area contributed by atoms with Crippen molar-refractivity contribution in [3.63, 3.8) is 0 Å². The van der Waals surface area contributed by atoms with Gasteiger partial charge in [-0.3, -0.25) is 20.4 Å². The van der Waals surface area contributed by atoms with Crippen molar-refractivity contribution in [2.75, 3.05) is 26.4 Å².